The summed E-state index contributed by atoms with van der Waals surface area (Å²) in [5.41, 5.74) is 1.44. The predicted octanol–water partition coefficient (Wildman–Crippen LogP) is 4.96. The summed E-state index contributed by atoms with van der Waals surface area (Å²) in [6.45, 7) is 1.95. The zero-order valence-electron chi connectivity index (χ0n) is 9.78. The molecule has 1 aromatic heterocycles. The van der Waals surface area contributed by atoms with Crippen molar-refractivity contribution in [1.82, 2.24) is 4.98 Å². The highest BCUT2D eigenvalue weighted by Crippen LogP contribution is 2.38. The second-order valence-corrected chi connectivity index (χ2v) is 4.99. The van der Waals surface area contributed by atoms with E-state index in [1.807, 2.05) is 19.1 Å². The van der Waals surface area contributed by atoms with Crippen molar-refractivity contribution in [1.29, 1.82) is 0 Å². The van der Waals surface area contributed by atoms with E-state index in [0.717, 1.165) is 5.56 Å². The third kappa shape index (κ3) is 2.65. The van der Waals surface area contributed by atoms with Crippen molar-refractivity contribution in [2.75, 3.05) is 0 Å². The Morgan fingerprint density at radius 3 is 2.50 bits per heavy atom. The van der Waals surface area contributed by atoms with Gasteiger partial charge in [0.05, 0.1) is 10.4 Å². The molecule has 0 amide bonds. The molecule has 2 unspecified atom stereocenters. The molecule has 2 aromatic rings. The molecule has 0 radical (unpaired) electrons. The molecule has 2 atom stereocenters. The lowest BCUT2D eigenvalue weighted by Crippen LogP contribution is -2.05. The molecular weight excluding hydrogens is 272 g/mol. The van der Waals surface area contributed by atoms with Gasteiger partial charge in [0, 0.05) is 23.9 Å². The number of benzene rings is 1. The lowest BCUT2D eigenvalue weighted by molar-refractivity contribution is 0.592. The number of hydrogen-bond donors (Lipinski definition) is 0. The smallest absolute Gasteiger partial charge is 0.146 e. The summed E-state index contributed by atoms with van der Waals surface area (Å²) in [4.78, 5) is 3.95. The largest absolute Gasteiger partial charge is 0.265 e. The second-order valence-electron chi connectivity index (χ2n) is 4.11. The second kappa shape index (κ2) is 5.68. The van der Waals surface area contributed by atoms with Crippen molar-refractivity contribution in [2.24, 2.45) is 0 Å². The molecule has 0 aliphatic heterocycles. The van der Waals surface area contributed by atoms with Gasteiger partial charge in [0.15, 0.2) is 0 Å². The Hall–Kier alpha value is -1.12. The Morgan fingerprint density at radius 2 is 1.83 bits per heavy atom. The van der Waals surface area contributed by atoms with Crippen LogP contribution in [0.25, 0.3) is 0 Å². The first-order valence-electron chi connectivity index (χ1n) is 5.59. The molecule has 0 saturated heterocycles. The number of halogens is 3. The molecule has 2 rings (SSSR count). The number of pyridine rings is 1. The highest BCUT2D eigenvalue weighted by Gasteiger charge is 2.22. The average molecular weight is 284 g/mol. The Balaban J connectivity index is 2.31. The third-order valence-electron chi connectivity index (χ3n) is 2.95. The highest BCUT2D eigenvalue weighted by molar-refractivity contribution is 6.31. The van der Waals surface area contributed by atoms with Gasteiger partial charge in [-0.05, 0) is 23.8 Å². The van der Waals surface area contributed by atoms with E-state index >= 15 is 0 Å². The molecule has 1 nitrogen and oxygen atoms in total. The lowest BCUT2D eigenvalue weighted by Gasteiger charge is -2.19. The number of aromatic nitrogens is 1. The predicted molar refractivity (Wildman–Crippen MR) is 72.7 cm³/mol. The van der Waals surface area contributed by atoms with E-state index in [9.17, 15) is 4.39 Å². The van der Waals surface area contributed by atoms with Crippen LogP contribution in [0, 0.1) is 5.82 Å². The zero-order chi connectivity index (χ0) is 13.1. The Labute approximate surface area is 116 Å². The van der Waals surface area contributed by atoms with Crippen LogP contribution in [0.4, 0.5) is 4.39 Å². The first kappa shape index (κ1) is 13.3. The molecule has 0 saturated carbocycles. The van der Waals surface area contributed by atoms with Crippen LogP contribution in [0.2, 0.25) is 5.02 Å². The van der Waals surface area contributed by atoms with Crippen LogP contribution >= 0.6 is 23.2 Å². The minimum atomic E-state index is -0.467. The number of hydrogen-bond acceptors (Lipinski definition) is 1. The summed E-state index contributed by atoms with van der Waals surface area (Å²) in [7, 11) is 0. The minimum Gasteiger partial charge on any atom is -0.265 e. The van der Waals surface area contributed by atoms with Gasteiger partial charge in [0.1, 0.15) is 5.82 Å². The summed E-state index contributed by atoms with van der Waals surface area (Å²) in [5, 5.41) is -0.369. The lowest BCUT2D eigenvalue weighted by atomic mass is 9.93. The average Bonchev–Trinajstić information content (AvgIpc) is 2.41. The summed E-state index contributed by atoms with van der Waals surface area (Å²) in [5.74, 6) is -0.470. The van der Waals surface area contributed by atoms with E-state index in [-0.39, 0.29) is 10.9 Å². The Bertz CT molecular complexity index is 531. The maximum Gasteiger partial charge on any atom is 0.146 e. The monoisotopic (exact) mass is 283 g/mol. The van der Waals surface area contributed by atoms with Gasteiger partial charge < -0.3 is 0 Å². The van der Waals surface area contributed by atoms with E-state index in [4.69, 9.17) is 23.2 Å². The van der Waals surface area contributed by atoms with Crippen molar-refractivity contribution in [2.45, 2.75) is 18.2 Å². The van der Waals surface area contributed by atoms with E-state index in [1.54, 1.807) is 24.5 Å². The van der Waals surface area contributed by atoms with Gasteiger partial charge >= 0.3 is 0 Å². The fourth-order valence-corrected chi connectivity index (χ4v) is 2.33. The number of alkyl halides is 1. The van der Waals surface area contributed by atoms with Gasteiger partial charge in [0.2, 0.25) is 0 Å². The van der Waals surface area contributed by atoms with E-state index < -0.39 is 11.2 Å². The Kier molecular flexibility index (Phi) is 4.20. The topological polar surface area (TPSA) is 12.9 Å². The molecular formula is C14H12Cl2FN. The van der Waals surface area contributed by atoms with Gasteiger partial charge in [-0.25, -0.2) is 4.39 Å². The highest BCUT2D eigenvalue weighted by atomic mass is 35.5. The van der Waals surface area contributed by atoms with Gasteiger partial charge in [-0.15, -0.1) is 11.6 Å². The van der Waals surface area contributed by atoms with Crippen molar-refractivity contribution in [3.8, 4) is 0 Å². The van der Waals surface area contributed by atoms with Crippen molar-refractivity contribution >= 4 is 23.2 Å². The molecule has 0 N–H and O–H groups in total. The van der Waals surface area contributed by atoms with Gasteiger partial charge in [-0.3, -0.25) is 4.98 Å². The molecule has 0 aliphatic rings. The molecule has 0 bridgehead atoms. The molecule has 0 fully saturated rings. The maximum absolute atomic E-state index is 13.9. The molecule has 1 aromatic carbocycles. The fourth-order valence-electron chi connectivity index (χ4n) is 1.84. The first-order valence-corrected chi connectivity index (χ1v) is 6.40. The van der Waals surface area contributed by atoms with Crippen molar-refractivity contribution < 1.29 is 4.39 Å². The molecule has 94 valence electrons. The summed E-state index contributed by atoms with van der Waals surface area (Å²) in [6.07, 6.45) is 3.40. The standard InChI is InChI=1S/C14H12Cl2FN/c1-9(10-5-7-18-8-6-10)13(16)11-3-2-4-12(15)14(11)17/h2-9,13H,1H3. The van der Waals surface area contributed by atoms with Crippen LogP contribution in [0.1, 0.15) is 29.3 Å². The van der Waals surface area contributed by atoms with Crippen LogP contribution in [-0.4, -0.2) is 4.98 Å². The minimum absolute atomic E-state index is 0.0253. The van der Waals surface area contributed by atoms with E-state index in [2.05, 4.69) is 4.98 Å². The van der Waals surface area contributed by atoms with Gasteiger partial charge in [-0.2, -0.15) is 0 Å². The van der Waals surface area contributed by atoms with Crippen LogP contribution in [-0.2, 0) is 0 Å². The molecule has 0 spiro atoms. The quantitative estimate of drug-likeness (QED) is 0.726. The van der Waals surface area contributed by atoms with Crippen LogP contribution in [0.15, 0.2) is 42.7 Å². The SMILES string of the molecule is CC(c1ccncc1)C(Cl)c1cccc(Cl)c1F. The Morgan fingerprint density at radius 1 is 1.17 bits per heavy atom. The first-order chi connectivity index (χ1) is 8.61. The zero-order valence-corrected chi connectivity index (χ0v) is 11.3. The van der Waals surface area contributed by atoms with Crippen LogP contribution in [0.5, 0.6) is 0 Å². The van der Waals surface area contributed by atoms with E-state index in [1.165, 1.54) is 6.07 Å². The summed E-state index contributed by atoms with van der Waals surface area (Å²) < 4.78 is 13.9. The van der Waals surface area contributed by atoms with Crippen molar-refractivity contribution in [3.05, 3.63) is 64.7 Å². The normalized spacial score (nSPS) is 14.2. The molecule has 18 heavy (non-hydrogen) atoms. The molecule has 1 heterocycles. The van der Waals surface area contributed by atoms with E-state index in [0.29, 0.717) is 5.56 Å². The maximum atomic E-state index is 13.9. The number of rotatable bonds is 3. The summed E-state index contributed by atoms with van der Waals surface area (Å²) >= 11 is 12.1. The number of nitrogens with zero attached hydrogens (tertiary/aromatic N) is 1. The molecule has 4 heteroatoms. The van der Waals surface area contributed by atoms with Crippen LogP contribution < -0.4 is 0 Å². The van der Waals surface area contributed by atoms with Crippen LogP contribution in [0.3, 0.4) is 0 Å². The third-order valence-corrected chi connectivity index (χ3v) is 3.85. The summed E-state index contributed by atoms with van der Waals surface area (Å²) in [6, 6.07) is 8.64. The van der Waals surface area contributed by atoms with Gasteiger partial charge in [-0.1, -0.05) is 30.7 Å². The molecule has 0 aliphatic carbocycles. The van der Waals surface area contributed by atoms with Crippen molar-refractivity contribution in [3.63, 3.8) is 0 Å². The van der Waals surface area contributed by atoms with Gasteiger partial charge in [0.25, 0.3) is 0 Å². The fraction of sp³-hybridized carbons (Fsp3) is 0.214.